The third-order valence-electron chi connectivity index (χ3n) is 2.12. The highest BCUT2D eigenvalue weighted by Crippen LogP contribution is 2.25. The molecule has 0 aliphatic heterocycles. The van der Waals surface area contributed by atoms with Gasteiger partial charge in [-0.05, 0) is 24.6 Å². The summed E-state index contributed by atoms with van der Waals surface area (Å²) in [6, 6.07) is 4.43. The van der Waals surface area contributed by atoms with E-state index in [1.807, 2.05) is 6.92 Å². The molecule has 3 nitrogen and oxygen atoms in total. The minimum absolute atomic E-state index is 0.208. The Morgan fingerprint density at radius 3 is 2.69 bits per heavy atom. The molecule has 0 aromatic heterocycles. The number of benzene rings is 1. The number of hydrogen-bond donors (Lipinski definition) is 2. The fourth-order valence-electron chi connectivity index (χ4n) is 1.25. The molecule has 1 aromatic rings. The Bertz CT molecular complexity index is 382. The molecule has 5 heteroatoms. The number of nitrogens with two attached hydrogens (primary N) is 1. The molecular formula is C11H14Cl2N2O. The van der Waals surface area contributed by atoms with Gasteiger partial charge in [0, 0.05) is 5.69 Å². The zero-order valence-electron chi connectivity index (χ0n) is 8.97. The molecule has 0 spiro atoms. The number of hydrogen-bond acceptors (Lipinski definition) is 2. The summed E-state index contributed by atoms with van der Waals surface area (Å²) >= 11 is 11.6. The molecule has 16 heavy (non-hydrogen) atoms. The molecule has 0 saturated carbocycles. The zero-order chi connectivity index (χ0) is 12.1. The van der Waals surface area contributed by atoms with E-state index in [0.29, 0.717) is 22.2 Å². The summed E-state index contributed by atoms with van der Waals surface area (Å²) in [5.41, 5.74) is 6.28. The summed E-state index contributed by atoms with van der Waals surface area (Å²) in [6.45, 7) is 1.98. The molecular weight excluding hydrogens is 247 g/mol. The van der Waals surface area contributed by atoms with Crippen LogP contribution in [0, 0.1) is 0 Å². The van der Waals surface area contributed by atoms with E-state index in [1.54, 1.807) is 18.2 Å². The molecule has 3 N–H and O–H groups in total. The van der Waals surface area contributed by atoms with Gasteiger partial charge in [-0.15, -0.1) is 0 Å². The first-order valence-corrected chi connectivity index (χ1v) is 5.81. The summed E-state index contributed by atoms with van der Waals surface area (Å²) in [5.74, 6) is -0.208. The van der Waals surface area contributed by atoms with Gasteiger partial charge in [0.1, 0.15) is 0 Å². The number of rotatable bonds is 4. The van der Waals surface area contributed by atoms with E-state index >= 15 is 0 Å². The summed E-state index contributed by atoms with van der Waals surface area (Å²) in [7, 11) is 0. The van der Waals surface area contributed by atoms with E-state index in [2.05, 4.69) is 5.32 Å². The highest BCUT2D eigenvalue weighted by atomic mass is 35.5. The van der Waals surface area contributed by atoms with Crippen molar-refractivity contribution in [1.82, 2.24) is 0 Å². The summed E-state index contributed by atoms with van der Waals surface area (Å²) in [5, 5.41) is 3.55. The monoisotopic (exact) mass is 260 g/mol. The Hall–Kier alpha value is -0.770. The van der Waals surface area contributed by atoms with Crippen molar-refractivity contribution in [2.45, 2.75) is 25.8 Å². The number of nitrogens with one attached hydrogen (secondary N) is 1. The highest BCUT2D eigenvalue weighted by molar-refractivity contribution is 6.42. The smallest absolute Gasteiger partial charge is 0.241 e. The van der Waals surface area contributed by atoms with Gasteiger partial charge in [-0.25, -0.2) is 0 Å². The van der Waals surface area contributed by atoms with Crippen molar-refractivity contribution in [2.75, 3.05) is 5.32 Å². The molecule has 0 aliphatic rings. The molecule has 0 radical (unpaired) electrons. The zero-order valence-corrected chi connectivity index (χ0v) is 10.5. The number of anilines is 1. The van der Waals surface area contributed by atoms with E-state index < -0.39 is 6.04 Å². The predicted molar refractivity (Wildman–Crippen MR) is 68.0 cm³/mol. The standard InChI is InChI=1S/C11H14Cl2N2O/c1-2-3-10(14)11(16)15-7-4-5-8(12)9(13)6-7/h4-6,10H,2-3,14H2,1H3,(H,15,16). The molecule has 1 amide bonds. The average molecular weight is 261 g/mol. The van der Waals surface area contributed by atoms with Crippen LogP contribution in [0.5, 0.6) is 0 Å². The van der Waals surface area contributed by atoms with Gasteiger partial charge < -0.3 is 11.1 Å². The fourth-order valence-corrected chi connectivity index (χ4v) is 1.55. The van der Waals surface area contributed by atoms with E-state index in [0.717, 1.165) is 6.42 Å². The molecule has 1 rings (SSSR count). The molecule has 1 aromatic carbocycles. The molecule has 0 saturated heterocycles. The van der Waals surface area contributed by atoms with Crippen LogP contribution in [0.4, 0.5) is 5.69 Å². The van der Waals surface area contributed by atoms with Gasteiger partial charge in [-0.2, -0.15) is 0 Å². The first-order chi connectivity index (χ1) is 7.54. The molecule has 1 atom stereocenters. The average Bonchev–Trinajstić information content (AvgIpc) is 2.24. The van der Waals surface area contributed by atoms with Crippen molar-refractivity contribution in [2.24, 2.45) is 5.73 Å². The molecule has 0 heterocycles. The van der Waals surface area contributed by atoms with E-state index in [1.165, 1.54) is 0 Å². The number of amides is 1. The Kier molecular flexibility index (Phi) is 5.06. The topological polar surface area (TPSA) is 55.1 Å². The maximum Gasteiger partial charge on any atom is 0.241 e. The highest BCUT2D eigenvalue weighted by Gasteiger charge is 2.12. The van der Waals surface area contributed by atoms with Crippen LogP contribution in [0.3, 0.4) is 0 Å². The first kappa shape index (κ1) is 13.3. The van der Waals surface area contributed by atoms with Gasteiger partial charge in [0.25, 0.3) is 0 Å². The Morgan fingerprint density at radius 2 is 2.12 bits per heavy atom. The summed E-state index contributed by atoms with van der Waals surface area (Å²) < 4.78 is 0. The van der Waals surface area contributed by atoms with Crippen LogP contribution in [-0.4, -0.2) is 11.9 Å². The van der Waals surface area contributed by atoms with Crippen LogP contribution < -0.4 is 11.1 Å². The third-order valence-corrected chi connectivity index (χ3v) is 2.86. The van der Waals surface area contributed by atoms with Gasteiger partial charge >= 0.3 is 0 Å². The van der Waals surface area contributed by atoms with Crippen molar-refractivity contribution in [3.63, 3.8) is 0 Å². The first-order valence-electron chi connectivity index (χ1n) is 5.06. The molecule has 0 fully saturated rings. The second kappa shape index (κ2) is 6.09. The van der Waals surface area contributed by atoms with Crippen LogP contribution in [-0.2, 0) is 4.79 Å². The lowest BCUT2D eigenvalue weighted by Gasteiger charge is -2.11. The number of halogens is 2. The van der Waals surface area contributed by atoms with Crippen molar-refractivity contribution in [3.8, 4) is 0 Å². The van der Waals surface area contributed by atoms with Gasteiger partial charge in [-0.1, -0.05) is 36.5 Å². The van der Waals surface area contributed by atoms with E-state index in [-0.39, 0.29) is 5.91 Å². The third kappa shape index (κ3) is 3.67. The molecule has 1 unspecified atom stereocenters. The number of carbonyl (C=O) groups is 1. The van der Waals surface area contributed by atoms with E-state index in [9.17, 15) is 4.79 Å². The molecule has 0 bridgehead atoms. The molecule has 88 valence electrons. The van der Waals surface area contributed by atoms with Crippen molar-refractivity contribution < 1.29 is 4.79 Å². The van der Waals surface area contributed by atoms with Gasteiger partial charge in [0.15, 0.2) is 0 Å². The lowest BCUT2D eigenvalue weighted by Crippen LogP contribution is -2.35. The fraction of sp³-hybridized carbons (Fsp3) is 0.364. The maximum atomic E-state index is 11.6. The minimum atomic E-state index is -0.487. The Balaban J connectivity index is 2.66. The van der Waals surface area contributed by atoms with Crippen molar-refractivity contribution in [1.29, 1.82) is 0 Å². The van der Waals surface area contributed by atoms with Gasteiger partial charge in [0.2, 0.25) is 5.91 Å². The Morgan fingerprint density at radius 1 is 1.44 bits per heavy atom. The lowest BCUT2D eigenvalue weighted by molar-refractivity contribution is -0.117. The SMILES string of the molecule is CCCC(N)C(=O)Nc1ccc(Cl)c(Cl)c1. The van der Waals surface area contributed by atoms with Gasteiger partial charge in [0.05, 0.1) is 16.1 Å². The van der Waals surface area contributed by atoms with Crippen LogP contribution in [0.25, 0.3) is 0 Å². The maximum absolute atomic E-state index is 11.6. The predicted octanol–water partition coefficient (Wildman–Crippen LogP) is 3.06. The minimum Gasteiger partial charge on any atom is -0.325 e. The van der Waals surface area contributed by atoms with Crippen molar-refractivity contribution >= 4 is 34.8 Å². The second-order valence-corrected chi connectivity index (χ2v) is 4.33. The van der Waals surface area contributed by atoms with Crippen LogP contribution in [0.15, 0.2) is 18.2 Å². The molecule has 0 aliphatic carbocycles. The second-order valence-electron chi connectivity index (χ2n) is 3.51. The number of carbonyl (C=O) groups excluding carboxylic acids is 1. The lowest BCUT2D eigenvalue weighted by atomic mass is 10.1. The summed E-state index contributed by atoms with van der Waals surface area (Å²) in [4.78, 5) is 11.6. The van der Waals surface area contributed by atoms with Crippen molar-refractivity contribution in [3.05, 3.63) is 28.2 Å². The normalized spacial score (nSPS) is 12.2. The largest absolute Gasteiger partial charge is 0.325 e. The van der Waals surface area contributed by atoms with E-state index in [4.69, 9.17) is 28.9 Å². The van der Waals surface area contributed by atoms with Gasteiger partial charge in [-0.3, -0.25) is 4.79 Å². The Labute approximate surface area is 105 Å². The van der Waals surface area contributed by atoms with Crippen LogP contribution >= 0.6 is 23.2 Å². The van der Waals surface area contributed by atoms with Crippen LogP contribution in [0.1, 0.15) is 19.8 Å². The summed E-state index contributed by atoms with van der Waals surface area (Å²) in [6.07, 6.45) is 1.53. The quantitative estimate of drug-likeness (QED) is 0.875. The van der Waals surface area contributed by atoms with Crippen LogP contribution in [0.2, 0.25) is 10.0 Å².